The number of hydrogen-bond acceptors (Lipinski definition) is 6. The first-order valence-corrected chi connectivity index (χ1v) is 16.5. The van der Waals surface area contributed by atoms with Crippen molar-refractivity contribution < 1.29 is 33.8 Å². The summed E-state index contributed by atoms with van der Waals surface area (Å²) in [5.74, 6) is -0.899. The van der Waals surface area contributed by atoms with Crippen molar-refractivity contribution in [2.75, 3.05) is 39.3 Å². The molecular weight excluding hydrogens is 710 g/mol. The van der Waals surface area contributed by atoms with Gasteiger partial charge in [0.25, 0.3) is 5.91 Å². The normalized spacial score (nSPS) is 15.1. The van der Waals surface area contributed by atoms with E-state index in [0.717, 1.165) is 34.9 Å². The molecule has 0 spiro atoms. The second kappa shape index (κ2) is 17.5. The zero-order valence-corrected chi connectivity index (χ0v) is 30.1. The summed E-state index contributed by atoms with van der Waals surface area (Å²) < 4.78 is 12.4. The van der Waals surface area contributed by atoms with Gasteiger partial charge in [0.2, 0.25) is 0 Å². The number of likely N-dealkylation sites (tertiary alicyclic amines) is 1. The van der Waals surface area contributed by atoms with Gasteiger partial charge in [-0.2, -0.15) is 0 Å². The number of benzene rings is 2. The molecule has 10 nitrogen and oxygen atoms in total. The lowest BCUT2D eigenvalue weighted by molar-refractivity contribution is 0.0140. The van der Waals surface area contributed by atoms with Gasteiger partial charge in [-0.3, -0.25) is 4.79 Å². The lowest BCUT2D eigenvalue weighted by Crippen LogP contribution is -2.51. The summed E-state index contributed by atoms with van der Waals surface area (Å²) in [6.45, 7) is 15.0. The van der Waals surface area contributed by atoms with E-state index in [1.54, 1.807) is 51.1 Å². The van der Waals surface area contributed by atoms with Gasteiger partial charge in [0, 0.05) is 53.8 Å². The van der Waals surface area contributed by atoms with Gasteiger partial charge in [-0.15, -0.1) is 0 Å². The van der Waals surface area contributed by atoms with Crippen LogP contribution in [-0.4, -0.2) is 94.3 Å². The Kier molecular flexibility index (Phi) is 14.8. The van der Waals surface area contributed by atoms with Crippen LogP contribution in [0.1, 0.15) is 81.5 Å². The Morgan fingerprint density at radius 3 is 1.31 bits per heavy atom. The minimum atomic E-state index is -0.896. The van der Waals surface area contributed by atoms with Crippen LogP contribution in [-0.2, 0) is 9.47 Å². The fourth-order valence-electron chi connectivity index (χ4n) is 4.19. The van der Waals surface area contributed by atoms with E-state index in [9.17, 15) is 19.2 Å². The first-order valence-electron chi connectivity index (χ1n) is 14.9. The van der Waals surface area contributed by atoms with Crippen molar-refractivity contribution in [3.8, 4) is 0 Å². The highest BCUT2D eigenvalue weighted by Gasteiger charge is 2.28. The molecule has 0 radical (unpaired) electrons. The number of carboxylic acid groups (broad SMARTS) is 1. The summed E-state index contributed by atoms with van der Waals surface area (Å²) in [5.41, 5.74) is 0.104. The fourth-order valence-corrected chi connectivity index (χ4v) is 4.72. The van der Waals surface area contributed by atoms with Gasteiger partial charge in [-0.05, 0) is 109 Å². The van der Waals surface area contributed by atoms with Gasteiger partial charge in [0.1, 0.15) is 11.2 Å². The lowest BCUT2D eigenvalue weighted by atomic mass is 10.1. The molecule has 1 N–H and O–H groups in total. The highest BCUT2D eigenvalue weighted by molar-refractivity contribution is 9.10. The van der Waals surface area contributed by atoms with Crippen LogP contribution in [0, 0.1) is 0 Å². The molecule has 0 atom stereocenters. The van der Waals surface area contributed by atoms with Gasteiger partial charge >= 0.3 is 18.2 Å². The number of rotatable bonds is 2. The molecular formula is C33H45Br2N3O7. The molecule has 4 rings (SSSR count). The van der Waals surface area contributed by atoms with Crippen LogP contribution < -0.4 is 0 Å². The Morgan fingerprint density at radius 2 is 0.933 bits per heavy atom. The fraction of sp³-hybridized carbons (Fsp3) is 0.515. The van der Waals surface area contributed by atoms with E-state index < -0.39 is 11.6 Å². The Bertz CT molecular complexity index is 1260. The van der Waals surface area contributed by atoms with Crippen molar-refractivity contribution in [3.63, 3.8) is 0 Å². The number of amides is 3. The first-order chi connectivity index (χ1) is 20.9. The molecule has 0 saturated carbocycles. The van der Waals surface area contributed by atoms with E-state index in [4.69, 9.17) is 14.6 Å². The van der Waals surface area contributed by atoms with Crippen molar-refractivity contribution in [1.82, 2.24) is 14.7 Å². The van der Waals surface area contributed by atoms with Crippen molar-refractivity contribution >= 4 is 55.9 Å². The Hall–Kier alpha value is -3.12. The van der Waals surface area contributed by atoms with Crippen LogP contribution in [0.25, 0.3) is 0 Å². The number of carboxylic acids is 1. The highest BCUT2D eigenvalue weighted by Crippen LogP contribution is 2.17. The second-order valence-electron chi connectivity index (χ2n) is 12.6. The molecule has 2 aromatic rings. The molecule has 2 aromatic carbocycles. The number of ether oxygens (including phenoxy) is 2. The monoisotopic (exact) mass is 753 g/mol. The van der Waals surface area contributed by atoms with E-state index in [0.29, 0.717) is 37.3 Å². The van der Waals surface area contributed by atoms with E-state index >= 15 is 0 Å². The summed E-state index contributed by atoms with van der Waals surface area (Å²) in [6.07, 6.45) is 2.98. The Balaban J connectivity index is 0.000000259. The number of piperidine rings is 1. The average Bonchev–Trinajstić information content (AvgIpc) is 2.97. The van der Waals surface area contributed by atoms with Crippen molar-refractivity contribution in [1.29, 1.82) is 0 Å². The first kappa shape index (κ1) is 38.1. The summed E-state index contributed by atoms with van der Waals surface area (Å²) >= 11 is 6.56. The summed E-state index contributed by atoms with van der Waals surface area (Å²) in [4.78, 5) is 51.4. The quantitative estimate of drug-likeness (QED) is 0.334. The number of piperazine rings is 1. The van der Waals surface area contributed by atoms with Crippen LogP contribution in [0.3, 0.4) is 0 Å². The standard InChI is InChI=1S/C16H21BrN2O3.C10H19NO2.C7H5BrO2/c1-16(2,3)22-15(21)19-10-8-18(9-11-19)14(20)12-4-6-13(17)7-5-12;1-10(2,3)13-9(12)11-7-5-4-6-8-11;8-6-3-1-5(2-4-6)7(9)10/h4-7H,8-11H2,1-3H3;4-8H2,1-3H3;1-4H,(H,9,10). The average molecular weight is 756 g/mol. The summed E-state index contributed by atoms with van der Waals surface area (Å²) in [7, 11) is 0. The molecule has 0 unspecified atom stereocenters. The minimum Gasteiger partial charge on any atom is -0.478 e. The molecule has 2 heterocycles. The van der Waals surface area contributed by atoms with Crippen molar-refractivity contribution in [2.45, 2.75) is 72.0 Å². The van der Waals surface area contributed by atoms with Crippen LogP contribution in [0.5, 0.6) is 0 Å². The molecule has 2 aliphatic rings. The smallest absolute Gasteiger partial charge is 0.410 e. The molecule has 2 aliphatic heterocycles. The number of hydrogen-bond donors (Lipinski definition) is 1. The van der Waals surface area contributed by atoms with Gasteiger partial charge in [0.15, 0.2) is 0 Å². The molecule has 0 bridgehead atoms. The van der Waals surface area contributed by atoms with E-state index in [2.05, 4.69) is 31.9 Å². The Morgan fingerprint density at radius 1 is 0.578 bits per heavy atom. The molecule has 3 amide bonds. The molecule has 2 fully saturated rings. The lowest BCUT2D eigenvalue weighted by Gasteiger charge is -2.35. The zero-order chi connectivity index (χ0) is 33.8. The summed E-state index contributed by atoms with van der Waals surface area (Å²) in [5, 5.41) is 8.46. The molecule has 12 heteroatoms. The molecule has 45 heavy (non-hydrogen) atoms. The highest BCUT2D eigenvalue weighted by atomic mass is 79.9. The molecule has 0 aliphatic carbocycles. The molecule has 0 aromatic heterocycles. The predicted molar refractivity (Wildman–Crippen MR) is 181 cm³/mol. The maximum Gasteiger partial charge on any atom is 0.410 e. The van der Waals surface area contributed by atoms with Crippen molar-refractivity contribution in [2.24, 2.45) is 0 Å². The zero-order valence-electron chi connectivity index (χ0n) is 27.0. The number of nitrogens with zero attached hydrogens (tertiary/aromatic N) is 3. The number of carbonyl (C=O) groups is 4. The number of carbonyl (C=O) groups excluding carboxylic acids is 3. The third-order valence-corrected chi connectivity index (χ3v) is 7.47. The maximum atomic E-state index is 12.4. The van der Waals surface area contributed by atoms with Crippen molar-refractivity contribution in [3.05, 3.63) is 68.6 Å². The number of halogens is 2. The van der Waals surface area contributed by atoms with Crippen LogP contribution in [0.4, 0.5) is 9.59 Å². The minimum absolute atomic E-state index is 0.00339. The third-order valence-electron chi connectivity index (χ3n) is 6.41. The topological polar surface area (TPSA) is 117 Å². The van der Waals surface area contributed by atoms with Gasteiger partial charge in [-0.25, -0.2) is 14.4 Å². The molecule has 248 valence electrons. The Labute approximate surface area is 283 Å². The SMILES string of the molecule is CC(C)(C)OC(=O)N1CCCCC1.CC(C)(C)OC(=O)N1CCN(C(=O)c2ccc(Br)cc2)CC1.O=C(O)c1ccc(Br)cc1. The van der Waals surface area contributed by atoms with Gasteiger partial charge in [0.05, 0.1) is 5.56 Å². The second-order valence-corrected chi connectivity index (χ2v) is 14.4. The maximum absolute atomic E-state index is 12.4. The van der Waals surface area contributed by atoms with Gasteiger partial charge < -0.3 is 29.3 Å². The van der Waals surface area contributed by atoms with Crippen LogP contribution in [0.2, 0.25) is 0 Å². The summed E-state index contributed by atoms with van der Waals surface area (Å²) in [6, 6.07) is 13.8. The van der Waals surface area contributed by atoms with Crippen LogP contribution >= 0.6 is 31.9 Å². The number of aromatic carboxylic acids is 1. The predicted octanol–water partition coefficient (Wildman–Crippen LogP) is 7.70. The molecule has 2 saturated heterocycles. The van der Waals surface area contributed by atoms with E-state index in [1.165, 1.54) is 6.42 Å². The largest absolute Gasteiger partial charge is 0.478 e. The van der Waals surface area contributed by atoms with Crippen LogP contribution in [0.15, 0.2) is 57.5 Å². The van der Waals surface area contributed by atoms with E-state index in [-0.39, 0.29) is 23.7 Å². The van der Waals surface area contributed by atoms with Gasteiger partial charge in [-0.1, -0.05) is 31.9 Å². The third kappa shape index (κ3) is 14.7. The van der Waals surface area contributed by atoms with E-state index in [1.807, 2.05) is 53.7 Å².